The molecule has 138 valence electrons. The second-order valence-electron chi connectivity index (χ2n) is 6.69. The monoisotopic (exact) mass is 364 g/mol. The number of nitrogens with two attached hydrogens (primary N) is 1. The minimum absolute atomic E-state index is 0. The molecule has 1 heterocycles. The molecule has 0 amide bonds. The highest BCUT2D eigenvalue weighted by molar-refractivity contribution is 5.85. The molecule has 4 nitrogen and oxygen atoms in total. The predicted octanol–water partition coefficient (Wildman–Crippen LogP) is 3.67. The third kappa shape index (κ3) is 5.46. The SMILES string of the molecule is CCOc1cc(CN2CCC(N)C(C)(C)C2)ccc1OC(F)F.Cl. The molecule has 0 spiro atoms. The van der Waals surface area contributed by atoms with E-state index in [1.807, 2.05) is 13.0 Å². The summed E-state index contributed by atoms with van der Waals surface area (Å²) in [6.45, 7) is 6.29. The number of rotatable bonds is 6. The number of halogens is 3. The Morgan fingerprint density at radius 2 is 2.04 bits per heavy atom. The van der Waals surface area contributed by atoms with Gasteiger partial charge in [-0.3, -0.25) is 4.90 Å². The number of alkyl halides is 2. The first kappa shape index (κ1) is 20.9. The molecule has 7 heteroatoms. The van der Waals surface area contributed by atoms with E-state index in [-0.39, 0.29) is 29.6 Å². The van der Waals surface area contributed by atoms with Crippen LogP contribution in [0, 0.1) is 5.41 Å². The summed E-state index contributed by atoms with van der Waals surface area (Å²) in [5.41, 5.74) is 7.25. The third-order valence-electron chi connectivity index (χ3n) is 4.32. The van der Waals surface area contributed by atoms with Gasteiger partial charge in [0.2, 0.25) is 0 Å². The van der Waals surface area contributed by atoms with E-state index in [4.69, 9.17) is 10.5 Å². The molecule has 0 bridgehead atoms. The Morgan fingerprint density at radius 1 is 1.33 bits per heavy atom. The molecule has 1 aliphatic rings. The Bertz CT molecular complexity index is 529. The molecule has 0 aromatic heterocycles. The van der Waals surface area contributed by atoms with Crippen LogP contribution in [-0.4, -0.2) is 37.2 Å². The average molecular weight is 365 g/mol. The van der Waals surface area contributed by atoms with Gasteiger partial charge < -0.3 is 15.2 Å². The van der Waals surface area contributed by atoms with Crippen LogP contribution < -0.4 is 15.2 Å². The Morgan fingerprint density at radius 3 is 2.62 bits per heavy atom. The quantitative estimate of drug-likeness (QED) is 0.836. The van der Waals surface area contributed by atoms with Gasteiger partial charge in [0, 0.05) is 25.7 Å². The molecule has 2 rings (SSSR count). The van der Waals surface area contributed by atoms with Crippen molar-refractivity contribution in [3.63, 3.8) is 0 Å². The van der Waals surface area contributed by atoms with Crippen molar-refractivity contribution < 1.29 is 18.3 Å². The van der Waals surface area contributed by atoms with E-state index in [0.717, 1.165) is 31.6 Å². The topological polar surface area (TPSA) is 47.7 Å². The summed E-state index contributed by atoms with van der Waals surface area (Å²) in [5, 5.41) is 0. The Balaban J connectivity index is 0.00000288. The lowest BCUT2D eigenvalue weighted by molar-refractivity contribution is -0.0514. The van der Waals surface area contributed by atoms with E-state index in [0.29, 0.717) is 12.4 Å². The van der Waals surface area contributed by atoms with Crippen molar-refractivity contribution in [3.05, 3.63) is 23.8 Å². The number of ether oxygens (including phenoxy) is 2. The van der Waals surface area contributed by atoms with Gasteiger partial charge in [-0.05, 0) is 36.5 Å². The van der Waals surface area contributed by atoms with Crippen LogP contribution in [-0.2, 0) is 6.54 Å². The average Bonchev–Trinajstić information content (AvgIpc) is 2.45. The highest BCUT2D eigenvalue weighted by atomic mass is 35.5. The fraction of sp³-hybridized carbons (Fsp3) is 0.647. The second kappa shape index (κ2) is 8.83. The fourth-order valence-electron chi connectivity index (χ4n) is 2.99. The highest BCUT2D eigenvalue weighted by Crippen LogP contribution is 2.32. The van der Waals surface area contributed by atoms with Crippen LogP contribution in [0.15, 0.2) is 18.2 Å². The van der Waals surface area contributed by atoms with E-state index >= 15 is 0 Å². The van der Waals surface area contributed by atoms with Crippen LogP contribution in [0.1, 0.15) is 32.8 Å². The Labute approximate surface area is 148 Å². The predicted molar refractivity (Wildman–Crippen MR) is 93.1 cm³/mol. The number of hydrogen-bond acceptors (Lipinski definition) is 4. The first-order chi connectivity index (χ1) is 10.8. The van der Waals surface area contributed by atoms with E-state index < -0.39 is 6.61 Å². The zero-order valence-electron chi connectivity index (χ0n) is 14.4. The maximum absolute atomic E-state index is 12.4. The fourth-order valence-corrected chi connectivity index (χ4v) is 2.99. The van der Waals surface area contributed by atoms with Gasteiger partial charge in [-0.2, -0.15) is 8.78 Å². The summed E-state index contributed by atoms with van der Waals surface area (Å²) in [6.07, 6.45) is 0.956. The minimum Gasteiger partial charge on any atom is -0.490 e. The first-order valence-corrected chi connectivity index (χ1v) is 8.00. The summed E-state index contributed by atoms with van der Waals surface area (Å²) in [7, 11) is 0. The van der Waals surface area contributed by atoms with Crippen molar-refractivity contribution >= 4 is 12.4 Å². The summed E-state index contributed by atoms with van der Waals surface area (Å²) in [5.74, 6) is 0.435. The molecule has 1 atom stereocenters. The van der Waals surface area contributed by atoms with Crippen molar-refractivity contribution in [2.45, 2.75) is 46.4 Å². The lowest BCUT2D eigenvalue weighted by Crippen LogP contribution is -2.52. The van der Waals surface area contributed by atoms with E-state index in [1.165, 1.54) is 0 Å². The van der Waals surface area contributed by atoms with Crippen LogP contribution >= 0.6 is 12.4 Å². The van der Waals surface area contributed by atoms with Gasteiger partial charge >= 0.3 is 6.61 Å². The molecule has 24 heavy (non-hydrogen) atoms. The molecular weight excluding hydrogens is 338 g/mol. The lowest BCUT2D eigenvalue weighted by atomic mass is 9.79. The maximum atomic E-state index is 12.4. The van der Waals surface area contributed by atoms with Gasteiger partial charge in [-0.15, -0.1) is 12.4 Å². The molecular formula is C17H27ClF2N2O2. The molecule has 1 unspecified atom stereocenters. The summed E-state index contributed by atoms with van der Waals surface area (Å²) in [4.78, 5) is 2.34. The number of benzene rings is 1. The molecule has 2 N–H and O–H groups in total. The van der Waals surface area contributed by atoms with Crippen LogP contribution in [0.3, 0.4) is 0 Å². The van der Waals surface area contributed by atoms with Crippen molar-refractivity contribution in [3.8, 4) is 11.5 Å². The molecule has 1 fully saturated rings. The number of piperidine rings is 1. The van der Waals surface area contributed by atoms with Gasteiger partial charge in [-0.1, -0.05) is 19.9 Å². The molecule has 1 saturated heterocycles. The van der Waals surface area contributed by atoms with Gasteiger partial charge in [0.15, 0.2) is 11.5 Å². The van der Waals surface area contributed by atoms with Crippen LogP contribution in [0.4, 0.5) is 8.78 Å². The first-order valence-electron chi connectivity index (χ1n) is 8.00. The van der Waals surface area contributed by atoms with Gasteiger partial charge in [0.25, 0.3) is 0 Å². The van der Waals surface area contributed by atoms with Gasteiger partial charge in [-0.25, -0.2) is 0 Å². The van der Waals surface area contributed by atoms with Gasteiger partial charge in [0.05, 0.1) is 6.61 Å². The van der Waals surface area contributed by atoms with Crippen molar-refractivity contribution in [1.82, 2.24) is 4.90 Å². The Hall–Kier alpha value is -1.11. The summed E-state index contributed by atoms with van der Waals surface area (Å²) >= 11 is 0. The van der Waals surface area contributed by atoms with Crippen LogP contribution in [0.5, 0.6) is 11.5 Å². The zero-order chi connectivity index (χ0) is 17.0. The van der Waals surface area contributed by atoms with E-state index in [9.17, 15) is 8.78 Å². The summed E-state index contributed by atoms with van der Waals surface area (Å²) in [6, 6.07) is 5.34. The minimum atomic E-state index is -2.86. The molecule has 0 saturated carbocycles. The standard InChI is InChI=1S/C17H26F2N2O2.ClH/c1-4-22-14-9-12(5-6-13(14)23-16(18)19)10-21-8-7-15(20)17(2,3)11-21;/h5-6,9,15-16H,4,7-8,10-11,20H2,1-3H3;1H. The van der Waals surface area contributed by atoms with Crippen LogP contribution in [0.2, 0.25) is 0 Å². The molecule has 0 aliphatic carbocycles. The normalized spacial score (nSPS) is 20.5. The molecule has 0 radical (unpaired) electrons. The van der Waals surface area contributed by atoms with E-state index in [2.05, 4.69) is 23.5 Å². The van der Waals surface area contributed by atoms with Crippen LogP contribution in [0.25, 0.3) is 0 Å². The highest BCUT2D eigenvalue weighted by Gasteiger charge is 2.33. The number of likely N-dealkylation sites (tertiary alicyclic amines) is 1. The third-order valence-corrected chi connectivity index (χ3v) is 4.32. The smallest absolute Gasteiger partial charge is 0.387 e. The molecule has 1 aliphatic heterocycles. The summed E-state index contributed by atoms with van der Waals surface area (Å²) < 4.78 is 34.8. The second-order valence-corrected chi connectivity index (χ2v) is 6.69. The number of nitrogens with zero attached hydrogens (tertiary/aromatic N) is 1. The largest absolute Gasteiger partial charge is 0.490 e. The van der Waals surface area contributed by atoms with Gasteiger partial charge in [0.1, 0.15) is 0 Å². The molecule has 1 aromatic carbocycles. The lowest BCUT2D eigenvalue weighted by Gasteiger charge is -2.42. The van der Waals surface area contributed by atoms with Crippen molar-refractivity contribution in [2.24, 2.45) is 11.1 Å². The number of hydrogen-bond donors (Lipinski definition) is 1. The Kier molecular flexibility index (Phi) is 7.70. The maximum Gasteiger partial charge on any atom is 0.387 e. The van der Waals surface area contributed by atoms with E-state index in [1.54, 1.807) is 12.1 Å². The van der Waals surface area contributed by atoms with Crippen molar-refractivity contribution in [2.75, 3.05) is 19.7 Å². The molecule has 1 aromatic rings. The van der Waals surface area contributed by atoms with Crippen molar-refractivity contribution in [1.29, 1.82) is 0 Å². The zero-order valence-corrected chi connectivity index (χ0v) is 15.2.